The Bertz CT molecular complexity index is 367. The van der Waals surface area contributed by atoms with E-state index in [1.807, 2.05) is 0 Å². The molecule has 0 heterocycles. The lowest BCUT2D eigenvalue weighted by molar-refractivity contribution is -0.137. The molecule has 0 unspecified atom stereocenters. The summed E-state index contributed by atoms with van der Waals surface area (Å²) in [4.78, 5) is 21.3. The van der Waals surface area contributed by atoms with Gasteiger partial charge in [0.25, 0.3) is 0 Å². The van der Waals surface area contributed by atoms with Gasteiger partial charge in [-0.15, -0.1) is 0 Å². The minimum Gasteiger partial charge on any atom is -0.481 e. The first-order chi connectivity index (χ1) is 7.61. The van der Waals surface area contributed by atoms with Crippen molar-refractivity contribution in [1.29, 1.82) is 0 Å². The smallest absolute Gasteiger partial charge is 0.310 e. The molecule has 0 saturated carbocycles. The van der Waals surface area contributed by atoms with Gasteiger partial charge in [0.1, 0.15) is 5.75 Å². The highest BCUT2D eigenvalue weighted by Crippen LogP contribution is 2.13. The van der Waals surface area contributed by atoms with Crippen LogP contribution in [0, 0.1) is 0 Å². The monoisotopic (exact) mass is 222 g/mol. The number of hydrogen-bond donors (Lipinski definition) is 1. The third-order valence-electron chi connectivity index (χ3n) is 2.07. The molecule has 1 aromatic rings. The van der Waals surface area contributed by atoms with Crippen LogP contribution in [0.4, 0.5) is 0 Å². The molecule has 0 aromatic heterocycles. The minimum atomic E-state index is -0.818. The van der Waals surface area contributed by atoms with Crippen LogP contribution in [-0.2, 0) is 16.0 Å². The SMILES string of the molecule is CCC(=O)Oc1ccc(CCC(=O)O)cc1. The fraction of sp³-hybridized carbons (Fsp3) is 0.333. The summed E-state index contributed by atoms with van der Waals surface area (Å²) in [6.07, 6.45) is 0.923. The van der Waals surface area contributed by atoms with Crippen molar-refractivity contribution in [3.8, 4) is 5.75 Å². The van der Waals surface area contributed by atoms with E-state index in [4.69, 9.17) is 9.84 Å². The van der Waals surface area contributed by atoms with E-state index in [1.165, 1.54) is 0 Å². The van der Waals surface area contributed by atoms with E-state index >= 15 is 0 Å². The molecular formula is C12H14O4. The molecule has 0 atom stereocenters. The number of benzene rings is 1. The van der Waals surface area contributed by atoms with Crippen molar-refractivity contribution < 1.29 is 19.4 Å². The fourth-order valence-electron chi connectivity index (χ4n) is 1.18. The van der Waals surface area contributed by atoms with Gasteiger partial charge in [0, 0.05) is 12.8 Å². The van der Waals surface area contributed by atoms with Crippen LogP contribution < -0.4 is 4.74 Å². The van der Waals surface area contributed by atoms with E-state index in [0.29, 0.717) is 18.6 Å². The van der Waals surface area contributed by atoms with E-state index in [9.17, 15) is 9.59 Å². The summed E-state index contributed by atoms with van der Waals surface area (Å²) in [5.41, 5.74) is 0.915. The summed E-state index contributed by atoms with van der Waals surface area (Å²) in [7, 11) is 0. The number of hydrogen-bond acceptors (Lipinski definition) is 3. The summed E-state index contributed by atoms with van der Waals surface area (Å²) in [5, 5.41) is 8.51. The second-order valence-corrected chi connectivity index (χ2v) is 3.37. The lowest BCUT2D eigenvalue weighted by Crippen LogP contribution is -2.05. The van der Waals surface area contributed by atoms with Gasteiger partial charge in [0.05, 0.1) is 0 Å². The second kappa shape index (κ2) is 5.90. The van der Waals surface area contributed by atoms with Crippen LogP contribution in [0.1, 0.15) is 25.3 Å². The number of carboxylic acid groups (broad SMARTS) is 1. The third kappa shape index (κ3) is 4.13. The first-order valence-electron chi connectivity index (χ1n) is 5.13. The molecule has 0 saturated heterocycles. The molecular weight excluding hydrogens is 208 g/mol. The van der Waals surface area contributed by atoms with E-state index in [-0.39, 0.29) is 12.4 Å². The lowest BCUT2D eigenvalue weighted by Gasteiger charge is -2.03. The van der Waals surface area contributed by atoms with E-state index in [0.717, 1.165) is 5.56 Å². The molecule has 0 amide bonds. The van der Waals surface area contributed by atoms with Crippen LogP contribution in [0.3, 0.4) is 0 Å². The van der Waals surface area contributed by atoms with Crippen LogP contribution >= 0.6 is 0 Å². The highest BCUT2D eigenvalue weighted by atomic mass is 16.5. The average molecular weight is 222 g/mol. The highest BCUT2D eigenvalue weighted by Gasteiger charge is 2.02. The van der Waals surface area contributed by atoms with E-state index < -0.39 is 5.97 Å². The topological polar surface area (TPSA) is 63.6 Å². The van der Waals surface area contributed by atoms with Crippen molar-refractivity contribution in [2.24, 2.45) is 0 Å². The number of carboxylic acids is 1. The average Bonchev–Trinajstić information content (AvgIpc) is 2.28. The molecule has 16 heavy (non-hydrogen) atoms. The van der Waals surface area contributed by atoms with Gasteiger partial charge >= 0.3 is 11.9 Å². The normalized spacial score (nSPS) is 9.81. The molecule has 0 aliphatic heterocycles. The van der Waals surface area contributed by atoms with Crippen LogP contribution in [0.2, 0.25) is 0 Å². The maximum atomic E-state index is 11.0. The Morgan fingerprint density at radius 1 is 1.25 bits per heavy atom. The Kier molecular flexibility index (Phi) is 4.51. The Morgan fingerprint density at radius 3 is 2.38 bits per heavy atom. The Labute approximate surface area is 93.9 Å². The number of esters is 1. The molecule has 1 aromatic carbocycles. The third-order valence-corrected chi connectivity index (χ3v) is 2.07. The maximum absolute atomic E-state index is 11.0. The summed E-state index contributed by atoms with van der Waals surface area (Å²) < 4.78 is 4.99. The number of rotatable bonds is 5. The molecule has 1 rings (SSSR count). The molecule has 1 N–H and O–H groups in total. The van der Waals surface area contributed by atoms with Crippen LogP contribution in [0.25, 0.3) is 0 Å². The summed E-state index contributed by atoms with van der Waals surface area (Å²) in [6, 6.07) is 6.87. The molecule has 86 valence electrons. The molecule has 0 fully saturated rings. The standard InChI is InChI=1S/C12H14O4/c1-2-12(15)16-10-6-3-9(4-7-10)5-8-11(13)14/h3-4,6-7H,2,5,8H2,1H3,(H,13,14). The fourth-order valence-corrected chi connectivity index (χ4v) is 1.18. The van der Waals surface area contributed by atoms with Gasteiger partial charge in [0.2, 0.25) is 0 Å². The van der Waals surface area contributed by atoms with E-state index in [2.05, 4.69) is 0 Å². The Hall–Kier alpha value is -1.84. The van der Waals surface area contributed by atoms with Crippen molar-refractivity contribution in [2.45, 2.75) is 26.2 Å². The van der Waals surface area contributed by atoms with Crippen molar-refractivity contribution in [3.63, 3.8) is 0 Å². The summed E-state index contributed by atoms with van der Waals surface area (Å²) in [5.74, 6) is -0.606. The molecule has 4 nitrogen and oxygen atoms in total. The zero-order chi connectivity index (χ0) is 12.0. The first kappa shape index (κ1) is 12.2. The lowest BCUT2D eigenvalue weighted by atomic mass is 10.1. The van der Waals surface area contributed by atoms with Crippen molar-refractivity contribution in [3.05, 3.63) is 29.8 Å². The Morgan fingerprint density at radius 2 is 1.88 bits per heavy atom. The van der Waals surface area contributed by atoms with Crippen molar-refractivity contribution >= 4 is 11.9 Å². The van der Waals surface area contributed by atoms with Crippen LogP contribution in [0.5, 0.6) is 5.75 Å². The minimum absolute atomic E-state index is 0.105. The van der Waals surface area contributed by atoms with Gasteiger partial charge in [-0.05, 0) is 24.1 Å². The number of aliphatic carboxylic acids is 1. The Balaban J connectivity index is 2.54. The summed E-state index contributed by atoms with van der Waals surface area (Å²) >= 11 is 0. The second-order valence-electron chi connectivity index (χ2n) is 3.37. The highest BCUT2D eigenvalue weighted by molar-refractivity contribution is 5.71. The largest absolute Gasteiger partial charge is 0.481 e. The predicted molar refractivity (Wildman–Crippen MR) is 58.3 cm³/mol. The van der Waals surface area contributed by atoms with Gasteiger partial charge in [0.15, 0.2) is 0 Å². The van der Waals surface area contributed by atoms with Gasteiger partial charge in [-0.25, -0.2) is 0 Å². The molecule has 0 radical (unpaired) electrons. The van der Waals surface area contributed by atoms with Crippen molar-refractivity contribution in [1.82, 2.24) is 0 Å². The molecule has 4 heteroatoms. The zero-order valence-electron chi connectivity index (χ0n) is 9.10. The molecule has 0 bridgehead atoms. The quantitative estimate of drug-likeness (QED) is 0.611. The van der Waals surface area contributed by atoms with Crippen molar-refractivity contribution in [2.75, 3.05) is 0 Å². The van der Waals surface area contributed by atoms with Crippen LogP contribution in [0.15, 0.2) is 24.3 Å². The molecule has 0 spiro atoms. The molecule has 0 aliphatic rings. The number of carbonyl (C=O) groups is 2. The van der Waals surface area contributed by atoms with Gasteiger partial charge in [-0.3, -0.25) is 9.59 Å². The number of aryl methyl sites for hydroxylation is 1. The first-order valence-corrected chi connectivity index (χ1v) is 5.13. The number of carbonyl (C=O) groups excluding carboxylic acids is 1. The zero-order valence-corrected chi connectivity index (χ0v) is 9.10. The van der Waals surface area contributed by atoms with Gasteiger partial charge in [-0.2, -0.15) is 0 Å². The molecule has 0 aliphatic carbocycles. The van der Waals surface area contributed by atoms with E-state index in [1.54, 1.807) is 31.2 Å². The van der Waals surface area contributed by atoms with Crippen LogP contribution in [-0.4, -0.2) is 17.0 Å². The van der Waals surface area contributed by atoms with Gasteiger partial charge < -0.3 is 9.84 Å². The predicted octanol–water partition coefficient (Wildman–Crippen LogP) is 2.02. The summed E-state index contributed by atoms with van der Waals surface area (Å²) in [6.45, 7) is 1.73. The van der Waals surface area contributed by atoms with Gasteiger partial charge in [-0.1, -0.05) is 19.1 Å². The number of ether oxygens (including phenoxy) is 1. The maximum Gasteiger partial charge on any atom is 0.310 e.